The van der Waals surface area contributed by atoms with Crippen molar-refractivity contribution in [3.63, 3.8) is 0 Å². The first kappa shape index (κ1) is 11.1. The molecule has 0 radical (unpaired) electrons. The molecule has 86 valence electrons. The monoisotopic (exact) mass is 219 g/mol. The van der Waals surface area contributed by atoms with Crippen LogP contribution in [0.15, 0.2) is 18.3 Å². The van der Waals surface area contributed by atoms with Crippen molar-refractivity contribution in [1.82, 2.24) is 4.98 Å². The normalized spacial score (nSPS) is 24.6. The Morgan fingerprint density at radius 1 is 1.50 bits per heavy atom. The summed E-state index contributed by atoms with van der Waals surface area (Å²) in [6.07, 6.45) is 4.65. The third kappa shape index (κ3) is 1.93. The maximum Gasteiger partial charge on any atom is 0.169 e. The molecule has 2 rings (SSSR count). The maximum atomic E-state index is 12.3. The minimum Gasteiger partial charge on any atom is -0.383 e. The average Bonchev–Trinajstić information content (AvgIpc) is 2.77. The number of anilines is 1. The number of pyridine rings is 1. The van der Waals surface area contributed by atoms with E-state index in [-0.39, 0.29) is 11.7 Å². The number of Topliss-reactive ketones (excluding diaryl/α,β-unsaturated/α-hetero) is 1. The van der Waals surface area contributed by atoms with E-state index in [0.29, 0.717) is 23.8 Å². The van der Waals surface area contributed by atoms with Gasteiger partial charge in [-0.15, -0.1) is 0 Å². The zero-order valence-electron chi connectivity index (χ0n) is 9.23. The topological polar surface area (TPSA) is 82.0 Å². The van der Waals surface area contributed by atoms with Gasteiger partial charge in [0.25, 0.3) is 0 Å². The fraction of sp³-hybridized carbons (Fsp3) is 0.500. The summed E-state index contributed by atoms with van der Waals surface area (Å²) in [6, 6.07) is 3.49. The summed E-state index contributed by atoms with van der Waals surface area (Å²) < 4.78 is 0. The van der Waals surface area contributed by atoms with Gasteiger partial charge in [-0.1, -0.05) is 6.42 Å². The molecule has 1 aromatic rings. The number of nitrogens with two attached hydrogens (primary N) is 2. The summed E-state index contributed by atoms with van der Waals surface area (Å²) in [7, 11) is 0. The molecule has 1 heterocycles. The molecule has 1 aliphatic rings. The number of nitrogens with zero attached hydrogens (tertiary/aromatic N) is 1. The first-order chi connectivity index (χ1) is 7.74. The second-order valence-electron chi connectivity index (χ2n) is 4.33. The zero-order valence-corrected chi connectivity index (χ0v) is 9.23. The molecule has 4 nitrogen and oxygen atoms in total. The number of carbonyl (C=O) groups is 1. The van der Waals surface area contributed by atoms with Crippen molar-refractivity contribution < 1.29 is 4.79 Å². The highest BCUT2D eigenvalue weighted by Gasteiger charge is 2.33. The molecular weight excluding hydrogens is 202 g/mol. The second kappa shape index (κ2) is 4.61. The lowest BCUT2D eigenvalue weighted by atomic mass is 9.88. The van der Waals surface area contributed by atoms with Crippen LogP contribution in [0.2, 0.25) is 0 Å². The highest BCUT2D eigenvalue weighted by molar-refractivity contribution is 6.01. The Morgan fingerprint density at radius 2 is 2.31 bits per heavy atom. The molecular formula is C12H17N3O. The first-order valence-electron chi connectivity index (χ1n) is 5.68. The number of ketones is 1. The van der Waals surface area contributed by atoms with Gasteiger partial charge in [-0.3, -0.25) is 4.79 Å². The van der Waals surface area contributed by atoms with E-state index in [9.17, 15) is 4.79 Å². The highest BCUT2D eigenvalue weighted by atomic mass is 16.1. The summed E-state index contributed by atoms with van der Waals surface area (Å²) in [5, 5.41) is 0. The lowest BCUT2D eigenvalue weighted by Gasteiger charge is -2.16. The van der Waals surface area contributed by atoms with Crippen molar-refractivity contribution in [2.45, 2.75) is 19.3 Å². The third-order valence-corrected chi connectivity index (χ3v) is 3.40. The van der Waals surface area contributed by atoms with E-state index in [0.717, 1.165) is 19.3 Å². The molecule has 0 saturated heterocycles. The smallest absolute Gasteiger partial charge is 0.169 e. The average molecular weight is 219 g/mol. The largest absolute Gasteiger partial charge is 0.383 e. The van der Waals surface area contributed by atoms with E-state index in [4.69, 9.17) is 11.5 Å². The lowest BCUT2D eigenvalue weighted by Crippen LogP contribution is -2.26. The van der Waals surface area contributed by atoms with E-state index in [1.165, 1.54) is 0 Å². The zero-order chi connectivity index (χ0) is 11.5. The van der Waals surface area contributed by atoms with E-state index in [2.05, 4.69) is 4.98 Å². The van der Waals surface area contributed by atoms with Crippen molar-refractivity contribution in [1.29, 1.82) is 0 Å². The van der Waals surface area contributed by atoms with Crippen LogP contribution < -0.4 is 11.5 Å². The van der Waals surface area contributed by atoms with Crippen molar-refractivity contribution in [3.8, 4) is 0 Å². The van der Waals surface area contributed by atoms with Crippen LogP contribution in [0.5, 0.6) is 0 Å². The molecule has 0 bridgehead atoms. The van der Waals surface area contributed by atoms with E-state index >= 15 is 0 Å². The van der Waals surface area contributed by atoms with Crippen LogP contribution in [0.3, 0.4) is 0 Å². The predicted molar refractivity (Wildman–Crippen MR) is 62.9 cm³/mol. The van der Waals surface area contributed by atoms with Crippen LogP contribution in [0.25, 0.3) is 0 Å². The first-order valence-corrected chi connectivity index (χ1v) is 5.68. The molecule has 1 fully saturated rings. The minimum atomic E-state index is 0.0384. The molecule has 2 unspecified atom stereocenters. The van der Waals surface area contributed by atoms with E-state index in [1.54, 1.807) is 18.3 Å². The van der Waals surface area contributed by atoms with Crippen molar-refractivity contribution in [2.75, 3.05) is 12.3 Å². The van der Waals surface area contributed by atoms with Gasteiger partial charge in [-0.2, -0.15) is 0 Å². The van der Waals surface area contributed by atoms with Crippen molar-refractivity contribution in [2.24, 2.45) is 17.6 Å². The van der Waals surface area contributed by atoms with Gasteiger partial charge in [-0.25, -0.2) is 4.98 Å². The molecule has 2 atom stereocenters. The van der Waals surface area contributed by atoms with Gasteiger partial charge < -0.3 is 11.5 Å². The molecule has 0 spiro atoms. The number of carbonyl (C=O) groups excluding carboxylic acids is 1. The summed E-state index contributed by atoms with van der Waals surface area (Å²) in [5.41, 5.74) is 11.9. The maximum absolute atomic E-state index is 12.3. The number of hydrogen-bond donors (Lipinski definition) is 2. The minimum absolute atomic E-state index is 0.0384. The van der Waals surface area contributed by atoms with Gasteiger partial charge in [-0.05, 0) is 37.4 Å². The number of nitrogen functional groups attached to an aromatic ring is 1. The molecule has 1 aromatic heterocycles. The van der Waals surface area contributed by atoms with E-state index in [1.807, 2.05) is 0 Å². The van der Waals surface area contributed by atoms with Gasteiger partial charge in [0.15, 0.2) is 5.78 Å². The second-order valence-corrected chi connectivity index (χ2v) is 4.33. The van der Waals surface area contributed by atoms with Gasteiger partial charge in [0.2, 0.25) is 0 Å². The fourth-order valence-electron chi connectivity index (χ4n) is 2.49. The number of hydrogen-bond acceptors (Lipinski definition) is 4. The Labute approximate surface area is 95.0 Å². The Hall–Kier alpha value is -1.42. The Kier molecular flexibility index (Phi) is 3.19. The van der Waals surface area contributed by atoms with Gasteiger partial charge >= 0.3 is 0 Å². The van der Waals surface area contributed by atoms with Crippen LogP contribution in [-0.2, 0) is 0 Å². The Balaban J connectivity index is 2.22. The quantitative estimate of drug-likeness (QED) is 0.749. The standard InChI is InChI=1S/C12H17N3O/c13-7-8-3-1-4-9(8)11(16)10-5-2-6-15-12(10)14/h2,5-6,8-9H,1,3-4,7,13H2,(H2,14,15). The molecule has 0 amide bonds. The van der Waals surface area contributed by atoms with Gasteiger partial charge in [0, 0.05) is 12.1 Å². The van der Waals surface area contributed by atoms with Gasteiger partial charge in [0.05, 0.1) is 5.56 Å². The SMILES string of the molecule is NCC1CCCC1C(=O)c1cccnc1N. The van der Waals surface area contributed by atoms with Crippen LogP contribution >= 0.6 is 0 Å². The van der Waals surface area contributed by atoms with Crippen molar-refractivity contribution >= 4 is 11.6 Å². The summed E-state index contributed by atoms with van der Waals surface area (Å²) >= 11 is 0. The summed E-state index contributed by atoms with van der Waals surface area (Å²) in [4.78, 5) is 16.2. The number of rotatable bonds is 3. The fourth-order valence-corrected chi connectivity index (χ4v) is 2.49. The van der Waals surface area contributed by atoms with Crippen LogP contribution in [0, 0.1) is 11.8 Å². The Morgan fingerprint density at radius 3 is 3.00 bits per heavy atom. The third-order valence-electron chi connectivity index (χ3n) is 3.40. The number of aromatic nitrogens is 1. The molecule has 16 heavy (non-hydrogen) atoms. The van der Waals surface area contributed by atoms with Crippen LogP contribution in [0.1, 0.15) is 29.6 Å². The Bertz CT molecular complexity index is 392. The molecule has 1 saturated carbocycles. The molecule has 0 aliphatic heterocycles. The molecule has 1 aliphatic carbocycles. The van der Waals surface area contributed by atoms with E-state index < -0.39 is 0 Å². The molecule has 4 N–H and O–H groups in total. The molecule has 0 aromatic carbocycles. The predicted octanol–water partition coefficient (Wildman–Crippen LogP) is 1.22. The summed E-state index contributed by atoms with van der Waals surface area (Å²) in [5.74, 6) is 0.789. The van der Waals surface area contributed by atoms with Crippen LogP contribution in [-0.4, -0.2) is 17.3 Å². The highest BCUT2D eigenvalue weighted by Crippen LogP contribution is 2.34. The van der Waals surface area contributed by atoms with Crippen molar-refractivity contribution in [3.05, 3.63) is 23.9 Å². The van der Waals surface area contributed by atoms with Gasteiger partial charge in [0.1, 0.15) is 5.82 Å². The summed E-state index contributed by atoms with van der Waals surface area (Å²) in [6.45, 7) is 0.580. The molecule has 4 heteroatoms. The van der Waals surface area contributed by atoms with Crippen LogP contribution in [0.4, 0.5) is 5.82 Å². The lowest BCUT2D eigenvalue weighted by molar-refractivity contribution is 0.0894.